The number of methoxy groups -OCH3 is 1. The number of nitrogens with one attached hydrogen (secondary N) is 1. The van der Waals surface area contributed by atoms with Crippen LogP contribution < -0.4 is 10.1 Å². The molecule has 1 saturated carbocycles. The van der Waals surface area contributed by atoms with Crippen LogP contribution in [0.15, 0.2) is 18.2 Å². The Balaban J connectivity index is 2.24. The Kier molecular flexibility index (Phi) is 3.20. The van der Waals surface area contributed by atoms with Crippen LogP contribution >= 0.6 is 0 Å². The van der Waals surface area contributed by atoms with Gasteiger partial charge in [-0.3, -0.25) is 0 Å². The third-order valence-electron chi connectivity index (χ3n) is 3.93. The number of rotatable bonds is 3. The highest BCUT2D eigenvalue weighted by molar-refractivity contribution is 5.41. The minimum Gasteiger partial charge on any atom is -0.496 e. The van der Waals surface area contributed by atoms with Crippen LogP contribution in [0.4, 0.5) is 0 Å². The molecule has 2 nitrogen and oxygen atoms in total. The minimum absolute atomic E-state index is 0.646. The van der Waals surface area contributed by atoms with Gasteiger partial charge in [0.15, 0.2) is 0 Å². The number of benzene rings is 1. The van der Waals surface area contributed by atoms with Gasteiger partial charge in [-0.15, -0.1) is 0 Å². The van der Waals surface area contributed by atoms with E-state index >= 15 is 0 Å². The maximum Gasteiger partial charge on any atom is 0.122 e. The standard InChI is InChI=1S/C14H21NO/c1-9-5-6-14(16-4)12(7-9)11-8-13(15-3)10(11)2/h5-7,10-11,13,15H,8H2,1-4H3. The predicted molar refractivity (Wildman–Crippen MR) is 67.1 cm³/mol. The molecule has 1 aromatic rings. The van der Waals surface area contributed by atoms with E-state index in [0.717, 1.165) is 5.75 Å². The molecule has 3 atom stereocenters. The maximum absolute atomic E-state index is 5.45. The van der Waals surface area contributed by atoms with E-state index in [0.29, 0.717) is 17.9 Å². The van der Waals surface area contributed by atoms with Crippen molar-refractivity contribution in [3.63, 3.8) is 0 Å². The van der Waals surface area contributed by atoms with Crippen molar-refractivity contribution in [1.82, 2.24) is 5.32 Å². The molecular formula is C14H21NO. The first-order valence-corrected chi connectivity index (χ1v) is 5.99. The number of hydrogen-bond donors (Lipinski definition) is 1. The molecule has 0 aliphatic heterocycles. The molecule has 1 aromatic carbocycles. The fourth-order valence-electron chi connectivity index (χ4n) is 2.72. The van der Waals surface area contributed by atoms with Crippen molar-refractivity contribution in [1.29, 1.82) is 0 Å². The van der Waals surface area contributed by atoms with Crippen molar-refractivity contribution in [2.24, 2.45) is 5.92 Å². The smallest absolute Gasteiger partial charge is 0.122 e. The first-order valence-electron chi connectivity index (χ1n) is 5.99. The zero-order valence-electron chi connectivity index (χ0n) is 10.6. The molecule has 0 amide bonds. The highest BCUT2D eigenvalue weighted by Crippen LogP contribution is 2.45. The van der Waals surface area contributed by atoms with Gasteiger partial charge >= 0.3 is 0 Å². The van der Waals surface area contributed by atoms with Crippen molar-refractivity contribution in [2.75, 3.05) is 14.2 Å². The van der Waals surface area contributed by atoms with Gasteiger partial charge in [-0.1, -0.05) is 24.6 Å². The lowest BCUT2D eigenvalue weighted by Crippen LogP contribution is -2.46. The number of aryl methyl sites for hydroxylation is 1. The van der Waals surface area contributed by atoms with Crippen molar-refractivity contribution in [3.05, 3.63) is 29.3 Å². The summed E-state index contributed by atoms with van der Waals surface area (Å²) in [4.78, 5) is 0. The molecule has 1 fully saturated rings. The van der Waals surface area contributed by atoms with E-state index in [1.807, 2.05) is 7.05 Å². The molecule has 0 heterocycles. The number of ether oxygens (including phenoxy) is 1. The molecule has 2 rings (SSSR count). The second kappa shape index (κ2) is 4.46. The summed E-state index contributed by atoms with van der Waals surface area (Å²) >= 11 is 0. The molecule has 88 valence electrons. The van der Waals surface area contributed by atoms with Crippen molar-refractivity contribution >= 4 is 0 Å². The van der Waals surface area contributed by atoms with Crippen molar-refractivity contribution < 1.29 is 4.74 Å². The molecule has 0 radical (unpaired) electrons. The third kappa shape index (κ3) is 1.82. The van der Waals surface area contributed by atoms with Crippen molar-refractivity contribution in [2.45, 2.75) is 32.2 Å². The van der Waals surface area contributed by atoms with E-state index in [2.05, 4.69) is 37.4 Å². The van der Waals surface area contributed by atoms with Crippen LogP contribution in [-0.2, 0) is 0 Å². The van der Waals surface area contributed by atoms with E-state index < -0.39 is 0 Å². The lowest BCUT2D eigenvalue weighted by molar-refractivity contribution is 0.190. The third-order valence-corrected chi connectivity index (χ3v) is 3.93. The summed E-state index contributed by atoms with van der Waals surface area (Å²) in [5, 5.41) is 3.36. The van der Waals surface area contributed by atoms with Crippen LogP contribution in [0.3, 0.4) is 0 Å². The average molecular weight is 219 g/mol. The van der Waals surface area contributed by atoms with Crippen LogP contribution in [0.5, 0.6) is 5.75 Å². The zero-order valence-corrected chi connectivity index (χ0v) is 10.6. The van der Waals surface area contributed by atoms with Gasteiger partial charge in [-0.05, 0) is 43.9 Å². The van der Waals surface area contributed by atoms with E-state index in [1.54, 1.807) is 7.11 Å². The van der Waals surface area contributed by atoms with Crippen LogP contribution in [0, 0.1) is 12.8 Å². The van der Waals surface area contributed by atoms with Gasteiger partial charge < -0.3 is 10.1 Å². The average Bonchev–Trinajstić information content (AvgIpc) is 2.28. The Morgan fingerprint density at radius 1 is 1.38 bits per heavy atom. The first-order chi connectivity index (χ1) is 7.67. The Morgan fingerprint density at radius 3 is 2.69 bits per heavy atom. The molecule has 0 aromatic heterocycles. The van der Waals surface area contributed by atoms with E-state index in [-0.39, 0.29) is 0 Å². The van der Waals surface area contributed by atoms with Crippen LogP contribution in [0.1, 0.15) is 30.4 Å². The van der Waals surface area contributed by atoms with E-state index in [4.69, 9.17) is 4.74 Å². The fraction of sp³-hybridized carbons (Fsp3) is 0.571. The summed E-state index contributed by atoms with van der Waals surface area (Å²) in [6.45, 7) is 4.46. The number of hydrogen-bond acceptors (Lipinski definition) is 2. The summed E-state index contributed by atoms with van der Waals surface area (Å²) in [6, 6.07) is 7.13. The lowest BCUT2D eigenvalue weighted by atomic mass is 9.67. The summed E-state index contributed by atoms with van der Waals surface area (Å²) in [7, 11) is 3.80. The minimum atomic E-state index is 0.646. The van der Waals surface area contributed by atoms with Gasteiger partial charge in [0.1, 0.15) is 5.75 Å². The second-order valence-corrected chi connectivity index (χ2v) is 4.84. The largest absolute Gasteiger partial charge is 0.496 e. The molecule has 1 aliphatic rings. The Labute approximate surface area is 98.0 Å². The molecule has 1 aliphatic carbocycles. The van der Waals surface area contributed by atoms with E-state index in [1.165, 1.54) is 17.5 Å². The Hall–Kier alpha value is -1.02. The molecule has 3 unspecified atom stereocenters. The quantitative estimate of drug-likeness (QED) is 0.844. The van der Waals surface area contributed by atoms with Gasteiger partial charge in [0.25, 0.3) is 0 Å². The fourth-order valence-corrected chi connectivity index (χ4v) is 2.72. The van der Waals surface area contributed by atoms with Gasteiger partial charge in [-0.25, -0.2) is 0 Å². The maximum atomic E-state index is 5.45. The molecular weight excluding hydrogens is 198 g/mol. The lowest BCUT2D eigenvalue weighted by Gasteiger charge is -2.43. The first kappa shape index (κ1) is 11.5. The van der Waals surface area contributed by atoms with Crippen LogP contribution in [-0.4, -0.2) is 20.2 Å². The molecule has 2 heteroatoms. The topological polar surface area (TPSA) is 21.3 Å². The molecule has 16 heavy (non-hydrogen) atoms. The zero-order chi connectivity index (χ0) is 11.7. The molecule has 0 spiro atoms. The molecule has 1 N–H and O–H groups in total. The summed E-state index contributed by atoms with van der Waals surface area (Å²) < 4.78 is 5.45. The van der Waals surface area contributed by atoms with Gasteiger partial charge in [0, 0.05) is 6.04 Å². The second-order valence-electron chi connectivity index (χ2n) is 4.84. The van der Waals surface area contributed by atoms with E-state index in [9.17, 15) is 0 Å². The normalized spacial score (nSPS) is 28.6. The Morgan fingerprint density at radius 2 is 2.12 bits per heavy atom. The van der Waals surface area contributed by atoms with Gasteiger partial charge in [0.2, 0.25) is 0 Å². The predicted octanol–water partition coefficient (Wildman–Crippen LogP) is 2.72. The summed E-state index contributed by atoms with van der Waals surface area (Å²) in [6.07, 6.45) is 1.22. The SMILES string of the molecule is CNC1CC(c2cc(C)ccc2OC)C1C. The van der Waals surface area contributed by atoms with Crippen LogP contribution in [0.25, 0.3) is 0 Å². The molecule has 0 saturated heterocycles. The Bertz CT molecular complexity index is 375. The highest BCUT2D eigenvalue weighted by Gasteiger charge is 2.38. The summed E-state index contributed by atoms with van der Waals surface area (Å²) in [5.74, 6) is 2.38. The van der Waals surface area contributed by atoms with Gasteiger partial charge in [-0.2, -0.15) is 0 Å². The van der Waals surface area contributed by atoms with Crippen molar-refractivity contribution in [3.8, 4) is 5.75 Å². The highest BCUT2D eigenvalue weighted by atomic mass is 16.5. The molecule has 0 bridgehead atoms. The van der Waals surface area contributed by atoms with Crippen LogP contribution in [0.2, 0.25) is 0 Å². The monoisotopic (exact) mass is 219 g/mol. The van der Waals surface area contributed by atoms with Gasteiger partial charge in [0.05, 0.1) is 7.11 Å². The summed E-state index contributed by atoms with van der Waals surface area (Å²) in [5.41, 5.74) is 2.69.